The lowest BCUT2D eigenvalue weighted by Crippen LogP contribution is -2.50. The van der Waals surface area contributed by atoms with E-state index in [2.05, 4.69) is 63.7 Å². The van der Waals surface area contributed by atoms with Crippen molar-refractivity contribution in [2.75, 3.05) is 91.0 Å². The zero-order valence-electron chi connectivity index (χ0n) is 70.0. The van der Waals surface area contributed by atoms with Crippen LogP contribution in [0.4, 0.5) is 59.0 Å². The van der Waals surface area contributed by atoms with Crippen LogP contribution in [0.15, 0.2) is 189 Å². The number of halogens is 5. The molecule has 0 aliphatic carbocycles. The summed E-state index contributed by atoms with van der Waals surface area (Å²) in [5.41, 5.74) is 11.8. The number of amides is 4. The van der Waals surface area contributed by atoms with Gasteiger partial charge in [0.25, 0.3) is 11.4 Å². The van der Waals surface area contributed by atoms with E-state index >= 15 is 0 Å². The van der Waals surface area contributed by atoms with E-state index in [4.69, 9.17) is 30.5 Å². The number of rotatable bonds is 15. The molecule has 17 rings (SSSR count). The average molecular weight is 2090 g/mol. The van der Waals surface area contributed by atoms with Crippen LogP contribution in [-0.4, -0.2) is 176 Å². The van der Waals surface area contributed by atoms with Crippen LogP contribution in [-0.2, 0) is 85.5 Å². The molecule has 9 aromatic rings. The first kappa shape index (κ1) is 93.9. The molecule has 0 spiro atoms. The molecule has 0 aromatic heterocycles. The lowest BCUT2D eigenvalue weighted by molar-refractivity contribution is -0.387. The summed E-state index contributed by atoms with van der Waals surface area (Å²) >= 11 is 19.5. The highest BCUT2D eigenvalue weighted by Gasteiger charge is 2.44. The number of nitro benzene ring substituents is 2. The molecule has 31 nitrogen and oxygen atoms in total. The van der Waals surface area contributed by atoms with Crippen LogP contribution in [0, 0.1) is 54.8 Å². The Kier molecular flexibility index (Phi) is 28.4. The number of anilines is 5. The normalized spacial score (nSPS) is 17.8. The van der Waals surface area contributed by atoms with Crippen molar-refractivity contribution in [3.05, 3.63) is 245 Å². The Morgan fingerprint density at radius 3 is 1.05 bits per heavy atom. The first-order valence-electron chi connectivity index (χ1n) is 40.7. The number of cyclic esters (lactones) is 4. The molecular formula is C87H90Br4ClN11O20S4. The fourth-order valence-corrected chi connectivity index (χ4v) is 26.1. The minimum Gasteiger partial charge on any atom is -0.444 e. The number of ether oxygens (including phenoxy) is 4. The Morgan fingerprint density at radius 2 is 0.685 bits per heavy atom. The fourth-order valence-electron chi connectivity index (χ4n) is 17.5. The summed E-state index contributed by atoms with van der Waals surface area (Å²) < 4.78 is 137. The van der Waals surface area contributed by atoms with Gasteiger partial charge in [-0.3, -0.25) is 39.8 Å². The van der Waals surface area contributed by atoms with Gasteiger partial charge in [-0.15, -0.1) is 0 Å². The molecule has 127 heavy (non-hydrogen) atoms. The first-order chi connectivity index (χ1) is 60.3. The van der Waals surface area contributed by atoms with Crippen molar-refractivity contribution < 1.29 is 81.6 Å². The van der Waals surface area contributed by atoms with E-state index in [1.165, 1.54) is 45.0 Å². The standard InChI is InChI=1S/C25H26BrN3O4S.C24H29BrN2O4S.C19H17BrClN3O6S.C19H18BrN3O6S/c1-27(2)23-7-3-6-21-20(23)5-4-8-24(21)34(31,32)28-13-11-19(12-14-28)29-22-10-9-18(26)15-17(22)16-33-25(29)30;1-14-15(2)17(4)23(18(5)16(14)3)32(29,30)26-10-8-21(9-11-26)27-22-7-6-20(25)12-19(22)13-31-24(27)28;20-13-1-4-17-12(9-13)11-30-19(25)23(17)14-5-7-22(8-6-14)31(28,29)15-2-3-16(21)18(10-15)24(26)27;20-14-5-6-16-13(11-14)12-29-19(24)22(16)15-7-9-21(10-8-15)30(27,28)18-4-2-1-3-17(18)23(25)26/h3-10,15,19H,11-14,16H2,1-2H3;6-7,12,21H,8-11,13H2,1-5H3;1-4,9-10,14H,5-8,11H2;1-6,11,15H,7-10,12H2. The quantitative estimate of drug-likeness (QED) is 0.0522. The zero-order valence-corrected chi connectivity index (χ0v) is 80.4. The second kappa shape index (κ2) is 38.4. The number of hydrogen-bond acceptors (Lipinski definition) is 21. The van der Waals surface area contributed by atoms with Gasteiger partial charge < -0.3 is 23.8 Å². The number of nitrogens with zero attached hydrogens (tertiary/aromatic N) is 11. The third kappa shape index (κ3) is 19.2. The maximum Gasteiger partial charge on any atom is 0.414 e. The monoisotopic (exact) mass is 2090 g/mol. The molecule has 4 saturated heterocycles. The number of carbonyl (C=O) groups is 4. The minimum absolute atomic E-state index is 0.0992. The fraction of sp³-hybridized carbons (Fsp3) is 0.356. The lowest BCUT2D eigenvalue weighted by Gasteiger charge is -2.40. The summed E-state index contributed by atoms with van der Waals surface area (Å²) in [6.07, 6.45) is 2.15. The van der Waals surface area contributed by atoms with Gasteiger partial charge in [0.1, 0.15) is 31.5 Å². The van der Waals surface area contributed by atoms with Gasteiger partial charge in [0.15, 0.2) is 4.90 Å². The highest BCUT2D eigenvalue weighted by molar-refractivity contribution is 9.11. The van der Waals surface area contributed by atoms with Gasteiger partial charge in [0.05, 0.1) is 47.3 Å². The van der Waals surface area contributed by atoms with Crippen molar-refractivity contribution in [1.29, 1.82) is 0 Å². The zero-order chi connectivity index (χ0) is 91.2. The van der Waals surface area contributed by atoms with Crippen LogP contribution in [0.3, 0.4) is 0 Å². The van der Waals surface area contributed by atoms with Crippen molar-refractivity contribution in [1.82, 2.24) is 17.2 Å². The third-order valence-electron chi connectivity index (χ3n) is 24.5. The topological polar surface area (TPSA) is 357 Å². The van der Waals surface area contributed by atoms with Crippen LogP contribution in [0.2, 0.25) is 5.02 Å². The number of para-hydroxylation sites is 1. The maximum atomic E-state index is 13.7. The van der Waals surface area contributed by atoms with E-state index < -0.39 is 73.5 Å². The van der Waals surface area contributed by atoms with Crippen molar-refractivity contribution in [3.8, 4) is 0 Å². The lowest BCUT2D eigenvalue weighted by atomic mass is 9.95. The first-order valence-corrected chi connectivity index (χ1v) is 50.0. The summed E-state index contributed by atoms with van der Waals surface area (Å²) in [5.74, 6) is 0. The van der Waals surface area contributed by atoms with E-state index in [0.717, 1.165) is 113 Å². The van der Waals surface area contributed by atoms with Crippen LogP contribution >= 0.6 is 75.3 Å². The number of nitro groups is 2. The maximum absolute atomic E-state index is 13.7. The molecule has 0 unspecified atom stereocenters. The molecule has 672 valence electrons. The Hall–Kier alpha value is -9.23. The van der Waals surface area contributed by atoms with Gasteiger partial charge >= 0.3 is 24.4 Å². The number of hydrogen-bond donors (Lipinski definition) is 0. The molecule has 0 radical (unpaired) electrons. The second-order valence-corrected chi connectivity index (χ2v) is 43.6. The van der Waals surface area contributed by atoms with Crippen molar-refractivity contribution in [2.45, 2.75) is 156 Å². The Morgan fingerprint density at radius 1 is 0.370 bits per heavy atom. The number of fused-ring (bicyclic) bond motifs is 5. The highest BCUT2D eigenvalue weighted by Crippen LogP contribution is 2.43. The molecular weight excluding hydrogens is 2000 g/mol. The molecule has 0 atom stereocenters. The van der Waals surface area contributed by atoms with Crippen LogP contribution in [0.25, 0.3) is 10.8 Å². The molecule has 40 heteroatoms. The molecule has 8 heterocycles. The summed E-state index contributed by atoms with van der Waals surface area (Å²) in [7, 11) is -11.4. The van der Waals surface area contributed by atoms with Crippen molar-refractivity contribution >= 4 is 190 Å². The van der Waals surface area contributed by atoms with Gasteiger partial charge in [-0.1, -0.05) is 112 Å². The Labute approximate surface area is 774 Å². The predicted octanol–water partition coefficient (Wildman–Crippen LogP) is 18.3. The molecule has 8 aliphatic rings. The molecule has 4 amide bonds. The van der Waals surface area contributed by atoms with E-state index in [0.29, 0.717) is 87.3 Å². The molecule has 9 aromatic carbocycles. The summed E-state index contributed by atoms with van der Waals surface area (Å²) in [6.45, 7) is 12.7. The SMILES string of the molecule is CN(C)c1cccc2c(S(=O)(=O)N3CCC(N4C(=O)OCc5cc(Br)ccc54)CC3)cccc12.Cc1c(C)c(C)c(S(=O)(=O)N2CCC(N3C(=O)OCc4cc(Br)ccc43)CC2)c(C)c1C.O=C1OCc2cc(Br)ccc2N1C1CCN(S(=O)(=O)c2ccc(Cl)c([N+](=O)[O-])c2)CC1.O=C1OCc2cc(Br)ccc2N1C1CCN(S(=O)(=O)c2ccccc2[N+](=O)[O-])CC1. The Bertz CT molecular complexity index is 6340. The van der Waals surface area contributed by atoms with Gasteiger partial charge in [0, 0.05) is 159 Å². The molecule has 0 N–H and O–H groups in total. The summed E-state index contributed by atoms with van der Waals surface area (Å²) in [6, 6.07) is 42.0. The average Bonchev–Trinajstić information content (AvgIpc) is 0.757. The van der Waals surface area contributed by atoms with Crippen LogP contribution in [0.1, 0.15) is 101 Å². The molecule has 0 bridgehead atoms. The number of piperidine rings is 4. The predicted molar refractivity (Wildman–Crippen MR) is 494 cm³/mol. The van der Waals surface area contributed by atoms with Gasteiger partial charge in [-0.05, 0) is 217 Å². The minimum atomic E-state index is -4.02. The van der Waals surface area contributed by atoms with E-state index in [-0.39, 0.29) is 104 Å². The van der Waals surface area contributed by atoms with Crippen molar-refractivity contribution in [3.63, 3.8) is 0 Å². The number of carbonyl (C=O) groups excluding carboxylic acids is 4. The summed E-state index contributed by atoms with van der Waals surface area (Å²) in [5, 5.41) is 23.9. The third-order valence-corrected chi connectivity index (χ3v) is 34.7. The van der Waals surface area contributed by atoms with Crippen LogP contribution < -0.4 is 24.5 Å². The summed E-state index contributed by atoms with van der Waals surface area (Å²) in [4.78, 5) is 79.9. The smallest absolute Gasteiger partial charge is 0.414 e. The van der Waals surface area contributed by atoms with Gasteiger partial charge in [-0.25, -0.2) is 52.8 Å². The van der Waals surface area contributed by atoms with Crippen LogP contribution in [0.5, 0.6) is 0 Å². The highest BCUT2D eigenvalue weighted by atomic mass is 79.9. The molecule has 0 saturated carbocycles. The Balaban J connectivity index is 0.000000137. The van der Waals surface area contributed by atoms with Crippen molar-refractivity contribution in [2.24, 2.45) is 0 Å². The second-order valence-electron chi connectivity index (χ2n) is 31.9. The number of sulfonamides is 4. The van der Waals surface area contributed by atoms with Gasteiger partial charge in [0.2, 0.25) is 40.1 Å². The van der Waals surface area contributed by atoms with E-state index in [1.54, 1.807) is 40.3 Å². The largest absolute Gasteiger partial charge is 0.444 e. The van der Waals surface area contributed by atoms with Gasteiger partial charge in [-0.2, -0.15) is 17.2 Å². The molecule has 8 aliphatic heterocycles. The van der Waals surface area contributed by atoms with E-state index in [1.807, 2.05) is 151 Å². The molecule has 4 fully saturated rings. The number of benzene rings is 9. The van der Waals surface area contributed by atoms with E-state index in [9.17, 15) is 73.1 Å².